The zero-order valence-electron chi connectivity index (χ0n) is 21.2. The molecule has 3 aromatic rings. The molecule has 3 aromatic carbocycles. The Balaban J connectivity index is 1.70. The first-order valence-electron chi connectivity index (χ1n) is 11.7. The normalized spacial score (nSPS) is 13.3. The molecule has 12 heteroatoms. The van der Waals surface area contributed by atoms with E-state index >= 15 is 0 Å². The zero-order valence-corrected chi connectivity index (χ0v) is 23.7. The van der Waals surface area contributed by atoms with Gasteiger partial charge in [-0.15, -0.1) is 0 Å². The second-order valence-corrected chi connectivity index (χ2v) is 13.6. The van der Waals surface area contributed by atoms with Crippen molar-refractivity contribution in [2.75, 3.05) is 13.2 Å². The van der Waals surface area contributed by atoms with Gasteiger partial charge in [0.25, 0.3) is 30.4 Å². The average molecular weight is 583 g/mol. The molecule has 0 aliphatic carbocycles. The summed E-state index contributed by atoms with van der Waals surface area (Å²) in [5.74, 6) is 0. The van der Waals surface area contributed by atoms with Crippen molar-refractivity contribution in [3.8, 4) is 0 Å². The maximum absolute atomic E-state index is 12.8. The van der Waals surface area contributed by atoms with E-state index in [2.05, 4.69) is 0 Å². The third kappa shape index (κ3) is 8.45. The molecule has 0 radical (unpaired) electrons. The molecule has 1 atom stereocenters. The Morgan fingerprint density at radius 3 is 1.34 bits per heavy atom. The molecule has 0 aliphatic heterocycles. The first kappa shape index (κ1) is 29.9. The van der Waals surface area contributed by atoms with Crippen molar-refractivity contribution < 1.29 is 37.8 Å². The third-order valence-electron chi connectivity index (χ3n) is 5.51. The van der Waals surface area contributed by atoms with Crippen molar-refractivity contribution in [3.63, 3.8) is 0 Å². The highest BCUT2D eigenvalue weighted by molar-refractivity contribution is 7.87. The van der Waals surface area contributed by atoms with Gasteiger partial charge in [0.05, 0.1) is 27.9 Å². The smallest absolute Gasteiger partial charge is 0.266 e. The second-order valence-electron chi connectivity index (χ2n) is 8.77. The van der Waals surface area contributed by atoms with E-state index in [1.807, 2.05) is 6.92 Å². The summed E-state index contributed by atoms with van der Waals surface area (Å²) in [5, 5.41) is 0. The minimum atomic E-state index is -4.26. The first-order valence-corrected chi connectivity index (χ1v) is 15.9. The number of rotatable bonds is 13. The van der Waals surface area contributed by atoms with Crippen LogP contribution in [-0.2, 0) is 42.9 Å². The van der Waals surface area contributed by atoms with Crippen molar-refractivity contribution >= 4 is 30.4 Å². The first-order chi connectivity index (χ1) is 17.8. The van der Waals surface area contributed by atoms with Gasteiger partial charge in [0.1, 0.15) is 6.10 Å². The van der Waals surface area contributed by atoms with E-state index in [-0.39, 0.29) is 34.1 Å². The maximum Gasteiger partial charge on any atom is 0.297 e. The summed E-state index contributed by atoms with van der Waals surface area (Å²) in [4.78, 5) is -0.200. The number of benzene rings is 3. The highest BCUT2D eigenvalue weighted by Crippen LogP contribution is 2.21. The van der Waals surface area contributed by atoms with Crippen LogP contribution >= 0.6 is 0 Å². The van der Waals surface area contributed by atoms with Crippen molar-refractivity contribution in [2.24, 2.45) is 0 Å². The van der Waals surface area contributed by atoms with Crippen LogP contribution in [0, 0.1) is 20.8 Å². The van der Waals surface area contributed by atoms with Crippen LogP contribution in [0.5, 0.6) is 0 Å². The molecule has 0 aromatic heterocycles. The Hall–Kier alpha value is -2.61. The summed E-state index contributed by atoms with van der Waals surface area (Å²) >= 11 is 0. The molecule has 3 rings (SSSR count). The van der Waals surface area contributed by atoms with Crippen LogP contribution in [0.3, 0.4) is 0 Å². The fourth-order valence-corrected chi connectivity index (χ4v) is 6.26. The molecule has 0 saturated heterocycles. The van der Waals surface area contributed by atoms with Gasteiger partial charge in [0.2, 0.25) is 0 Å². The topological polar surface area (TPSA) is 130 Å². The van der Waals surface area contributed by atoms with E-state index < -0.39 is 43.1 Å². The molecule has 0 saturated carbocycles. The molecule has 0 amide bonds. The van der Waals surface area contributed by atoms with E-state index in [0.29, 0.717) is 0 Å². The molecule has 0 bridgehead atoms. The number of aryl methyl sites for hydroxylation is 3. The lowest BCUT2D eigenvalue weighted by Crippen LogP contribution is -2.26. The van der Waals surface area contributed by atoms with Gasteiger partial charge in [0, 0.05) is 0 Å². The molecular formula is C26H30O9S3. The van der Waals surface area contributed by atoms with Crippen LogP contribution in [-0.4, -0.2) is 44.6 Å². The van der Waals surface area contributed by atoms with E-state index in [4.69, 9.17) is 12.5 Å². The molecule has 38 heavy (non-hydrogen) atoms. The van der Waals surface area contributed by atoms with Crippen LogP contribution in [0.15, 0.2) is 87.5 Å². The summed E-state index contributed by atoms with van der Waals surface area (Å²) in [5.41, 5.74) is 2.59. The monoisotopic (exact) mass is 582 g/mol. The maximum atomic E-state index is 12.8. The van der Waals surface area contributed by atoms with Gasteiger partial charge in [-0.05, 0) is 70.0 Å². The average Bonchev–Trinajstić information content (AvgIpc) is 2.86. The van der Waals surface area contributed by atoms with Crippen molar-refractivity contribution in [3.05, 3.63) is 89.5 Å². The Labute approximate surface area is 224 Å². The molecule has 9 nitrogen and oxygen atoms in total. The standard InChI is InChI=1S/C26H30O9S3/c1-20-6-12-24(13-7-20)36(27,28)33-18-4-5-23(35-38(31,32)26-16-10-22(3)11-17-26)19-34-37(29,30)25-14-8-21(2)9-15-25/h6-17,23H,4-5,18-19H2,1-3H3. The van der Waals surface area contributed by atoms with Gasteiger partial charge in [-0.1, -0.05) is 53.1 Å². The Bertz CT molecular complexity index is 1530. The number of hydrogen-bond donors (Lipinski definition) is 0. The van der Waals surface area contributed by atoms with Crippen LogP contribution in [0.25, 0.3) is 0 Å². The SMILES string of the molecule is Cc1ccc(S(=O)(=O)OCCCC(COS(=O)(=O)c2ccc(C)cc2)OS(=O)(=O)c2ccc(C)cc2)cc1. The molecule has 0 spiro atoms. The Kier molecular flexibility index (Phi) is 9.85. The molecule has 0 N–H and O–H groups in total. The molecule has 0 fully saturated rings. The lowest BCUT2D eigenvalue weighted by molar-refractivity contribution is 0.123. The molecule has 206 valence electrons. The molecular weight excluding hydrogens is 552 g/mol. The van der Waals surface area contributed by atoms with Gasteiger partial charge in [-0.3, -0.25) is 12.5 Å². The summed E-state index contributed by atoms with van der Waals surface area (Å²) in [6.45, 7) is 4.55. The van der Waals surface area contributed by atoms with Gasteiger partial charge in [0.15, 0.2) is 0 Å². The van der Waals surface area contributed by atoms with Gasteiger partial charge in [-0.25, -0.2) is 0 Å². The predicted octanol–water partition coefficient (Wildman–Crippen LogP) is 4.28. The summed E-state index contributed by atoms with van der Waals surface area (Å²) < 4.78 is 91.3. The summed E-state index contributed by atoms with van der Waals surface area (Å²) in [7, 11) is -12.5. The number of hydrogen-bond acceptors (Lipinski definition) is 9. The highest BCUT2D eigenvalue weighted by atomic mass is 32.2. The zero-order chi connectivity index (χ0) is 28.0. The fraction of sp³-hybridized carbons (Fsp3) is 0.308. The van der Waals surface area contributed by atoms with Crippen LogP contribution in [0.2, 0.25) is 0 Å². The van der Waals surface area contributed by atoms with E-state index in [1.54, 1.807) is 50.2 Å². The lowest BCUT2D eigenvalue weighted by Gasteiger charge is -2.18. The highest BCUT2D eigenvalue weighted by Gasteiger charge is 2.25. The fourth-order valence-electron chi connectivity index (χ4n) is 3.29. The Morgan fingerprint density at radius 2 is 0.921 bits per heavy atom. The van der Waals surface area contributed by atoms with Gasteiger partial charge >= 0.3 is 0 Å². The van der Waals surface area contributed by atoms with Crippen molar-refractivity contribution in [1.29, 1.82) is 0 Å². The second kappa shape index (κ2) is 12.5. The molecule has 1 unspecified atom stereocenters. The van der Waals surface area contributed by atoms with Gasteiger partial charge in [-0.2, -0.15) is 25.3 Å². The minimum absolute atomic E-state index is 0.00891. The van der Waals surface area contributed by atoms with Crippen molar-refractivity contribution in [1.82, 2.24) is 0 Å². The van der Waals surface area contributed by atoms with Crippen molar-refractivity contribution in [2.45, 2.75) is 54.4 Å². The van der Waals surface area contributed by atoms with Crippen LogP contribution in [0.1, 0.15) is 29.5 Å². The van der Waals surface area contributed by atoms with E-state index in [1.165, 1.54) is 36.4 Å². The van der Waals surface area contributed by atoms with Crippen LogP contribution in [0.4, 0.5) is 0 Å². The quantitative estimate of drug-likeness (QED) is 0.214. The minimum Gasteiger partial charge on any atom is -0.266 e. The largest absolute Gasteiger partial charge is 0.297 e. The van der Waals surface area contributed by atoms with E-state index in [9.17, 15) is 25.3 Å². The van der Waals surface area contributed by atoms with E-state index in [0.717, 1.165) is 16.7 Å². The van der Waals surface area contributed by atoms with Gasteiger partial charge < -0.3 is 0 Å². The lowest BCUT2D eigenvalue weighted by atomic mass is 10.2. The summed E-state index contributed by atoms with van der Waals surface area (Å²) in [6, 6.07) is 18.1. The third-order valence-corrected chi connectivity index (χ3v) is 9.51. The molecule has 0 aliphatic rings. The molecule has 0 heterocycles. The van der Waals surface area contributed by atoms with Crippen LogP contribution < -0.4 is 0 Å². The predicted molar refractivity (Wildman–Crippen MR) is 141 cm³/mol. The summed E-state index contributed by atoms with van der Waals surface area (Å²) in [6.07, 6.45) is -1.24. The Morgan fingerprint density at radius 1 is 0.553 bits per heavy atom.